The molecule has 2 rings (SSSR count). The topological polar surface area (TPSA) is 35.5 Å². The van der Waals surface area contributed by atoms with Gasteiger partial charge in [0.05, 0.1) is 5.69 Å². The van der Waals surface area contributed by atoms with Crippen molar-refractivity contribution in [2.45, 2.75) is 38.8 Å². The van der Waals surface area contributed by atoms with Gasteiger partial charge in [0, 0.05) is 35.7 Å². The number of hydrogen-bond acceptors (Lipinski definition) is 3. The van der Waals surface area contributed by atoms with Gasteiger partial charge in [-0.15, -0.1) is 0 Å². The average Bonchev–Trinajstić information content (AvgIpc) is 2.32. The molecule has 4 heteroatoms. The van der Waals surface area contributed by atoms with Crippen LogP contribution in [-0.2, 0) is 0 Å². The Kier molecular flexibility index (Phi) is 4.54. The highest BCUT2D eigenvalue weighted by molar-refractivity contribution is 9.10. The van der Waals surface area contributed by atoms with Gasteiger partial charge in [-0.05, 0) is 60.8 Å². The number of benzene rings is 1. The zero-order chi connectivity index (χ0) is 14.0. The zero-order valence-corrected chi connectivity index (χ0v) is 13.5. The molecule has 0 saturated carbocycles. The Labute approximate surface area is 124 Å². The van der Waals surface area contributed by atoms with Crippen LogP contribution in [0.1, 0.15) is 25.8 Å². The molecule has 1 aromatic carbocycles. The predicted octanol–water partition coefficient (Wildman–Crippen LogP) is 2.70. The molecule has 3 nitrogen and oxygen atoms in total. The van der Waals surface area contributed by atoms with E-state index in [1.54, 1.807) is 0 Å². The fourth-order valence-electron chi connectivity index (χ4n) is 2.65. The van der Waals surface area contributed by atoms with E-state index in [9.17, 15) is 5.11 Å². The highest BCUT2D eigenvalue weighted by atomic mass is 79.9. The fraction of sp³-hybridized carbons (Fsp3) is 0.600. The monoisotopic (exact) mass is 326 g/mol. The number of anilines is 1. The van der Waals surface area contributed by atoms with Crippen molar-refractivity contribution in [3.8, 4) is 0 Å². The fourth-order valence-corrected chi connectivity index (χ4v) is 3.37. The first-order valence-electron chi connectivity index (χ1n) is 6.81. The molecule has 1 aliphatic heterocycles. The molecule has 0 bridgehead atoms. The summed E-state index contributed by atoms with van der Waals surface area (Å²) >= 11 is 3.67. The zero-order valence-electron chi connectivity index (χ0n) is 11.9. The number of piperazine rings is 1. The molecule has 1 atom stereocenters. The molecule has 0 aromatic heterocycles. The number of hydrogen-bond donors (Lipinski definition) is 2. The smallest absolute Gasteiger partial charge is 0.0514 e. The third-order valence-corrected chi connectivity index (χ3v) is 4.33. The lowest BCUT2D eigenvalue weighted by Crippen LogP contribution is -2.62. The van der Waals surface area contributed by atoms with Gasteiger partial charge in [0.25, 0.3) is 0 Å². The summed E-state index contributed by atoms with van der Waals surface area (Å²) < 4.78 is 1.13. The van der Waals surface area contributed by atoms with Crippen molar-refractivity contribution in [1.82, 2.24) is 5.32 Å². The molecule has 0 aliphatic carbocycles. The van der Waals surface area contributed by atoms with Crippen LogP contribution in [-0.4, -0.2) is 36.4 Å². The molecule has 19 heavy (non-hydrogen) atoms. The van der Waals surface area contributed by atoms with Gasteiger partial charge in [-0.2, -0.15) is 0 Å². The first-order valence-corrected chi connectivity index (χ1v) is 7.61. The van der Waals surface area contributed by atoms with Gasteiger partial charge >= 0.3 is 0 Å². The quantitative estimate of drug-likeness (QED) is 0.896. The molecule has 106 valence electrons. The van der Waals surface area contributed by atoms with Crippen molar-refractivity contribution >= 4 is 21.6 Å². The third kappa shape index (κ3) is 3.50. The van der Waals surface area contributed by atoms with E-state index >= 15 is 0 Å². The van der Waals surface area contributed by atoms with E-state index in [0.717, 1.165) is 24.0 Å². The molecule has 1 heterocycles. The van der Waals surface area contributed by atoms with Crippen molar-refractivity contribution in [3.05, 3.63) is 28.2 Å². The van der Waals surface area contributed by atoms with Crippen LogP contribution in [0.25, 0.3) is 0 Å². The number of aliphatic hydroxyl groups excluding tert-OH is 1. The van der Waals surface area contributed by atoms with Gasteiger partial charge in [0.1, 0.15) is 0 Å². The number of rotatable bonds is 3. The van der Waals surface area contributed by atoms with Crippen LogP contribution in [0, 0.1) is 6.92 Å². The highest BCUT2D eigenvalue weighted by Crippen LogP contribution is 2.32. The molecule has 1 unspecified atom stereocenters. The minimum atomic E-state index is 0.0935. The molecule has 0 amide bonds. The van der Waals surface area contributed by atoms with Crippen LogP contribution < -0.4 is 10.2 Å². The highest BCUT2D eigenvalue weighted by Gasteiger charge is 2.32. The van der Waals surface area contributed by atoms with Gasteiger partial charge in [0.15, 0.2) is 0 Å². The van der Waals surface area contributed by atoms with Gasteiger partial charge < -0.3 is 15.3 Å². The maximum atomic E-state index is 9.26. The molecule has 1 aliphatic rings. The van der Waals surface area contributed by atoms with Crippen LogP contribution in [0.4, 0.5) is 5.69 Å². The van der Waals surface area contributed by atoms with E-state index in [1.807, 2.05) is 0 Å². The summed E-state index contributed by atoms with van der Waals surface area (Å²) in [5.74, 6) is 0. The standard InChI is InChI=1S/C15H23BrN2O/c1-11-4-5-14(13(16)8-11)18-10-15(2,3)17-9-12(18)6-7-19/h4-5,8,12,17,19H,6-7,9-10H2,1-3H3. The Balaban J connectivity index is 2.30. The lowest BCUT2D eigenvalue weighted by atomic mass is 9.96. The summed E-state index contributed by atoms with van der Waals surface area (Å²) in [6.07, 6.45) is 0.795. The maximum Gasteiger partial charge on any atom is 0.0514 e. The summed E-state index contributed by atoms with van der Waals surface area (Å²) in [7, 11) is 0. The number of aryl methyl sites for hydroxylation is 1. The van der Waals surface area contributed by atoms with E-state index < -0.39 is 0 Å². The summed E-state index contributed by atoms with van der Waals surface area (Å²) in [5, 5.41) is 12.8. The van der Waals surface area contributed by atoms with Crippen LogP contribution in [0.15, 0.2) is 22.7 Å². The van der Waals surface area contributed by atoms with Crippen molar-refractivity contribution in [2.75, 3.05) is 24.6 Å². The van der Waals surface area contributed by atoms with E-state index in [1.165, 1.54) is 11.3 Å². The second-order valence-corrected chi connectivity index (χ2v) is 6.87. The normalized spacial score (nSPS) is 22.6. The number of nitrogens with one attached hydrogen (secondary N) is 1. The average molecular weight is 327 g/mol. The van der Waals surface area contributed by atoms with Crippen LogP contribution in [0.3, 0.4) is 0 Å². The first-order chi connectivity index (χ1) is 8.93. The Morgan fingerprint density at radius 3 is 2.84 bits per heavy atom. The number of aliphatic hydroxyl groups is 1. The summed E-state index contributed by atoms with van der Waals surface area (Å²) in [5.41, 5.74) is 2.57. The third-order valence-electron chi connectivity index (χ3n) is 3.70. The Bertz CT molecular complexity index is 448. The molecule has 1 fully saturated rings. The summed E-state index contributed by atoms with van der Waals surface area (Å²) in [4.78, 5) is 2.41. The van der Waals surface area contributed by atoms with Gasteiger partial charge in [0.2, 0.25) is 0 Å². The minimum absolute atomic E-state index is 0.0935. The van der Waals surface area contributed by atoms with Gasteiger partial charge in [-0.3, -0.25) is 0 Å². The molecule has 1 saturated heterocycles. The Morgan fingerprint density at radius 2 is 2.21 bits per heavy atom. The van der Waals surface area contributed by atoms with E-state index in [4.69, 9.17) is 0 Å². The maximum absolute atomic E-state index is 9.26. The SMILES string of the molecule is Cc1ccc(N2CC(C)(C)NCC2CCO)c(Br)c1. The van der Waals surface area contributed by atoms with Crippen molar-refractivity contribution in [1.29, 1.82) is 0 Å². The molecule has 0 spiro atoms. The van der Waals surface area contributed by atoms with Crippen molar-refractivity contribution in [3.63, 3.8) is 0 Å². The molecule has 0 radical (unpaired) electrons. The van der Waals surface area contributed by atoms with Crippen LogP contribution >= 0.6 is 15.9 Å². The number of halogens is 1. The van der Waals surface area contributed by atoms with Crippen molar-refractivity contribution < 1.29 is 5.11 Å². The number of nitrogens with zero attached hydrogens (tertiary/aromatic N) is 1. The summed E-state index contributed by atoms with van der Waals surface area (Å²) in [6, 6.07) is 6.81. The second kappa shape index (κ2) is 5.81. The Morgan fingerprint density at radius 1 is 1.47 bits per heavy atom. The van der Waals surface area contributed by atoms with E-state index in [-0.39, 0.29) is 12.1 Å². The first kappa shape index (κ1) is 14.8. The van der Waals surface area contributed by atoms with E-state index in [2.05, 4.69) is 65.1 Å². The lowest BCUT2D eigenvalue weighted by molar-refractivity contribution is 0.241. The van der Waals surface area contributed by atoms with Crippen molar-refractivity contribution in [2.24, 2.45) is 0 Å². The van der Waals surface area contributed by atoms with Gasteiger partial charge in [-0.25, -0.2) is 0 Å². The van der Waals surface area contributed by atoms with Crippen LogP contribution in [0.2, 0.25) is 0 Å². The molecule has 1 aromatic rings. The second-order valence-electron chi connectivity index (χ2n) is 6.01. The largest absolute Gasteiger partial charge is 0.396 e. The predicted molar refractivity (Wildman–Crippen MR) is 83.8 cm³/mol. The summed E-state index contributed by atoms with van der Waals surface area (Å²) in [6.45, 7) is 8.62. The molecular formula is C15H23BrN2O. The van der Waals surface area contributed by atoms with E-state index in [0.29, 0.717) is 6.04 Å². The van der Waals surface area contributed by atoms with Crippen LogP contribution in [0.5, 0.6) is 0 Å². The van der Waals surface area contributed by atoms with Gasteiger partial charge in [-0.1, -0.05) is 6.07 Å². The lowest BCUT2D eigenvalue weighted by Gasteiger charge is -2.46. The Hall–Kier alpha value is -0.580. The minimum Gasteiger partial charge on any atom is -0.396 e. The molecular weight excluding hydrogens is 304 g/mol. The molecule has 2 N–H and O–H groups in total.